The lowest BCUT2D eigenvalue weighted by atomic mass is 10.2. The van der Waals surface area contributed by atoms with Gasteiger partial charge in [0.2, 0.25) is 0 Å². The van der Waals surface area contributed by atoms with E-state index in [0.29, 0.717) is 34.8 Å². The van der Waals surface area contributed by atoms with Crippen molar-refractivity contribution in [1.29, 1.82) is 0 Å². The summed E-state index contributed by atoms with van der Waals surface area (Å²) in [6, 6.07) is 18.2. The number of quaternary nitrogens is 1. The molecule has 0 radical (unpaired) electrons. The van der Waals surface area contributed by atoms with Gasteiger partial charge in [-0.3, -0.25) is 14.7 Å². The Kier molecular flexibility index (Phi) is 6.99. The van der Waals surface area contributed by atoms with Crippen LogP contribution in [0, 0.1) is 0 Å². The third kappa shape index (κ3) is 4.49. The minimum Gasteiger partial charge on any atom is -0.322 e. The Bertz CT molecular complexity index is 1510. The predicted molar refractivity (Wildman–Crippen MR) is 146 cm³/mol. The molecule has 4 aromatic rings. The first kappa shape index (κ1) is 25.0. The Labute approximate surface area is 219 Å². The number of urea groups is 1. The van der Waals surface area contributed by atoms with Crippen LogP contribution in [0.3, 0.4) is 0 Å². The van der Waals surface area contributed by atoms with Gasteiger partial charge in [-0.1, -0.05) is 36.0 Å². The van der Waals surface area contributed by atoms with Crippen LogP contribution >= 0.6 is 11.8 Å². The highest BCUT2D eigenvalue weighted by Gasteiger charge is 2.52. The van der Waals surface area contributed by atoms with Crippen molar-refractivity contribution in [2.75, 3.05) is 17.6 Å². The fraction of sp³-hybridized carbons (Fsp3) is 0.286. The highest BCUT2D eigenvalue weighted by molar-refractivity contribution is 7.99. The maximum Gasteiger partial charge on any atom is 0.428 e. The molecule has 5 rings (SSSR count). The zero-order valence-electron chi connectivity index (χ0n) is 21.0. The molecule has 0 bridgehead atoms. The summed E-state index contributed by atoms with van der Waals surface area (Å²) in [4.78, 5) is 45.3. The summed E-state index contributed by atoms with van der Waals surface area (Å²) in [5.41, 5.74) is 1.96. The number of benzene rings is 2. The standard InChI is InChI=1S/C28H29N5O3S/c1-3-32-26(35)21-12-4-5-13-22(21)29-27(32)37-19-25(34)33(18-10-11-20(33)2)28(36)30-23-14-6-7-15-24(23)31-16-8-9-17-31/h4-9,12-17,20H,3,10-11,18-19H2,1-2H3/p+1/t20-,33?/m1/s1. The highest BCUT2D eigenvalue weighted by Crippen LogP contribution is 2.32. The molecule has 0 aliphatic carbocycles. The van der Waals surface area contributed by atoms with Gasteiger partial charge in [0, 0.05) is 31.8 Å². The van der Waals surface area contributed by atoms with E-state index in [9.17, 15) is 14.4 Å². The number of carbonyl (C=O) groups is 2. The Balaban J connectivity index is 1.42. The summed E-state index contributed by atoms with van der Waals surface area (Å²) in [5, 5.41) is 4.10. The number of hydrogen-bond acceptors (Lipinski definition) is 5. The summed E-state index contributed by atoms with van der Waals surface area (Å²) in [7, 11) is 0. The van der Waals surface area contributed by atoms with Gasteiger partial charge in [0.25, 0.3) is 5.56 Å². The molecule has 1 aliphatic heterocycles. The highest BCUT2D eigenvalue weighted by atomic mass is 32.2. The molecule has 190 valence electrons. The molecule has 8 nitrogen and oxygen atoms in total. The van der Waals surface area contributed by atoms with Crippen molar-refractivity contribution in [1.82, 2.24) is 14.1 Å². The summed E-state index contributed by atoms with van der Waals surface area (Å²) in [5.74, 6) is -0.141. The summed E-state index contributed by atoms with van der Waals surface area (Å²) >= 11 is 1.22. The number of nitrogens with one attached hydrogen (secondary N) is 1. The van der Waals surface area contributed by atoms with Crippen LogP contribution in [0.1, 0.15) is 26.7 Å². The second-order valence-corrected chi connectivity index (χ2v) is 10.2. The van der Waals surface area contributed by atoms with Crippen molar-refractivity contribution in [3.8, 4) is 5.69 Å². The molecule has 1 N–H and O–H groups in total. The van der Waals surface area contributed by atoms with Crippen LogP contribution in [0.5, 0.6) is 0 Å². The van der Waals surface area contributed by atoms with Crippen molar-refractivity contribution in [2.45, 2.75) is 44.4 Å². The van der Waals surface area contributed by atoms with E-state index in [1.54, 1.807) is 16.7 Å². The largest absolute Gasteiger partial charge is 0.428 e. The Morgan fingerprint density at radius 3 is 2.54 bits per heavy atom. The van der Waals surface area contributed by atoms with Gasteiger partial charge in [0.1, 0.15) is 11.8 Å². The zero-order valence-corrected chi connectivity index (χ0v) is 21.8. The number of likely N-dealkylation sites (tertiary alicyclic amines) is 1. The van der Waals surface area contributed by atoms with Gasteiger partial charge in [-0.05, 0) is 50.2 Å². The number of amides is 3. The number of thioether (sulfide) groups is 1. The molecule has 1 aliphatic rings. The monoisotopic (exact) mass is 516 g/mol. The number of anilines is 1. The lowest BCUT2D eigenvalue weighted by Gasteiger charge is -2.33. The van der Waals surface area contributed by atoms with E-state index in [1.807, 2.05) is 79.3 Å². The number of carbonyl (C=O) groups excluding carboxylic acids is 2. The molecule has 3 amide bonds. The fourth-order valence-corrected chi connectivity index (χ4v) is 6.17. The SMILES string of the molecule is CCn1c(SCC(=O)[N+]2(C(=O)Nc3ccccc3-n3cccc3)CCC[C@H]2C)nc2ccccc2c1=O. The lowest BCUT2D eigenvalue weighted by Crippen LogP contribution is -2.61. The number of para-hydroxylation sites is 3. The molecule has 2 aromatic carbocycles. The molecule has 9 heteroatoms. The van der Waals surface area contributed by atoms with E-state index in [-0.39, 0.29) is 33.8 Å². The zero-order chi connectivity index (χ0) is 26.0. The van der Waals surface area contributed by atoms with Gasteiger partial charge in [0.15, 0.2) is 5.16 Å². The minimum absolute atomic E-state index is 0.0434. The van der Waals surface area contributed by atoms with Crippen LogP contribution in [0.2, 0.25) is 0 Å². The Morgan fingerprint density at radius 2 is 1.81 bits per heavy atom. The van der Waals surface area contributed by atoms with E-state index in [4.69, 9.17) is 0 Å². The quantitative estimate of drug-likeness (QED) is 0.220. The van der Waals surface area contributed by atoms with E-state index in [0.717, 1.165) is 18.5 Å². The predicted octanol–water partition coefficient (Wildman–Crippen LogP) is 5.06. The number of aromatic nitrogens is 3. The molecular weight excluding hydrogens is 486 g/mol. The van der Waals surface area contributed by atoms with E-state index >= 15 is 0 Å². The normalized spacial score (nSPS) is 19.2. The van der Waals surface area contributed by atoms with Crippen LogP contribution in [-0.2, 0) is 11.3 Å². The fourth-order valence-electron chi connectivity index (χ4n) is 5.16. The molecule has 0 spiro atoms. The summed E-state index contributed by atoms with van der Waals surface area (Å²) in [6.07, 6.45) is 5.41. The molecule has 2 aromatic heterocycles. The smallest absolute Gasteiger partial charge is 0.322 e. The second kappa shape index (κ2) is 10.4. The van der Waals surface area contributed by atoms with Crippen molar-refractivity contribution >= 4 is 40.3 Å². The van der Waals surface area contributed by atoms with Crippen molar-refractivity contribution in [3.05, 3.63) is 83.4 Å². The van der Waals surface area contributed by atoms with Gasteiger partial charge < -0.3 is 4.57 Å². The average molecular weight is 517 g/mol. The van der Waals surface area contributed by atoms with Crippen LogP contribution in [-0.4, -0.2) is 48.9 Å². The number of fused-ring (bicyclic) bond motifs is 1. The number of rotatable bonds is 6. The third-order valence-corrected chi connectivity index (χ3v) is 8.15. The van der Waals surface area contributed by atoms with Crippen molar-refractivity contribution in [2.24, 2.45) is 0 Å². The molecule has 1 unspecified atom stereocenters. The first-order valence-electron chi connectivity index (χ1n) is 12.5. The molecule has 2 atom stereocenters. The lowest BCUT2D eigenvalue weighted by molar-refractivity contribution is -0.781. The first-order chi connectivity index (χ1) is 18.0. The van der Waals surface area contributed by atoms with Gasteiger partial charge in [-0.15, -0.1) is 0 Å². The average Bonchev–Trinajstić information content (AvgIpc) is 3.58. The molecule has 37 heavy (non-hydrogen) atoms. The van der Waals surface area contributed by atoms with E-state index in [1.165, 1.54) is 11.8 Å². The van der Waals surface area contributed by atoms with Gasteiger partial charge in [-0.2, -0.15) is 4.48 Å². The van der Waals surface area contributed by atoms with Gasteiger partial charge in [0.05, 0.1) is 28.8 Å². The van der Waals surface area contributed by atoms with Crippen LogP contribution < -0.4 is 10.9 Å². The summed E-state index contributed by atoms with van der Waals surface area (Å²) < 4.78 is 3.25. The Morgan fingerprint density at radius 1 is 1.08 bits per heavy atom. The molecular formula is C28H30N5O3S+. The van der Waals surface area contributed by atoms with Gasteiger partial charge >= 0.3 is 11.9 Å². The molecule has 1 fully saturated rings. The van der Waals surface area contributed by atoms with Gasteiger partial charge in [-0.25, -0.2) is 14.6 Å². The van der Waals surface area contributed by atoms with Crippen LogP contribution in [0.4, 0.5) is 10.5 Å². The van der Waals surface area contributed by atoms with Crippen molar-refractivity contribution in [3.63, 3.8) is 0 Å². The van der Waals surface area contributed by atoms with E-state index < -0.39 is 0 Å². The first-order valence-corrected chi connectivity index (χ1v) is 13.5. The van der Waals surface area contributed by atoms with Crippen molar-refractivity contribution < 1.29 is 14.1 Å². The minimum atomic E-state index is -0.324. The Hall–Kier alpha value is -3.69. The second-order valence-electron chi connectivity index (χ2n) is 9.26. The maximum absolute atomic E-state index is 13.8. The van der Waals surface area contributed by atoms with E-state index in [2.05, 4.69) is 10.3 Å². The van der Waals surface area contributed by atoms with Crippen LogP contribution in [0.25, 0.3) is 16.6 Å². The topological polar surface area (TPSA) is 86.0 Å². The number of imide groups is 1. The molecule has 0 saturated carbocycles. The number of nitrogens with zero attached hydrogens (tertiary/aromatic N) is 4. The molecule has 1 saturated heterocycles. The number of hydrogen-bond donors (Lipinski definition) is 1. The third-order valence-electron chi connectivity index (χ3n) is 7.19. The molecule has 3 heterocycles. The maximum atomic E-state index is 13.8. The van der Waals surface area contributed by atoms with Crippen LogP contribution in [0.15, 0.2) is 83.0 Å². The summed E-state index contributed by atoms with van der Waals surface area (Å²) in [6.45, 7) is 4.74.